The van der Waals surface area contributed by atoms with Gasteiger partial charge in [-0.3, -0.25) is 15.4 Å². The number of carbonyl (C=O) groups excluding carboxylic acids is 2. The summed E-state index contributed by atoms with van der Waals surface area (Å²) in [5, 5.41) is 7.62. The quantitative estimate of drug-likeness (QED) is 0.728. The van der Waals surface area contributed by atoms with E-state index in [1.165, 1.54) is 13.1 Å². The maximum atomic E-state index is 14.6. The highest BCUT2D eigenvalue weighted by Crippen LogP contribution is 2.24. The summed E-state index contributed by atoms with van der Waals surface area (Å²) in [5.41, 5.74) is 1.36. The van der Waals surface area contributed by atoms with Crippen LogP contribution in [0.5, 0.6) is 0 Å². The van der Waals surface area contributed by atoms with E-state index < -0.39 is 18.0 Å². The number of nitrogens with zero attached hydrogens (tertiary/aromatic N) is 2. The van der Waals surface area contributed by atoms with E-state index in [1.807, 2.05) is 13.0 Å². The number of benzene rings is 1. The fourth-order valence-electron chi connectivity index (χ4n) is 2.93. The Morgan fingerprint density at radius 2 is 1.81 bits per heavy atom. The average molecular weight is 365 g/mol. The first-order chi connectivity index (χ1) is 12.3. The minimum atomic E-state index is -0.595. The molecule has 1 aliphatic heterocycles. The van der Waals surface area contributed by atoms with Gasteiger partial charge in [-0.15, -0.1) is 0 Å². The summed E-state index contributed by atoms with van der Waals surface area (Å²) in [6, 6.07) is 3.79. The van der Waals surface area contributed by atoms with Gasteiger partial charge in [-0.25, -0.2) is 9.18 Å². The number of urea groups is 1. The molecule has 7 nitrogen and oxygen atoms in total. The minimum absolute atomic E-state index is 0.239. The molecule has 0 unspecified atom stereocenters. The highest BCUT2D eigenvalue weighted by atomic mass is 19.1. The van der Waals surface area contributed by atoms with Crippen LogP contribution in [0.1, 0.15) is 25.5 Å². The molecular weight excluding hydrogens is 337 g/mol. The maximum absolute atomic E-state index is 14.6. The standard InChI is InChI=1S/C18H28FN5O2/c1-12(21-13(2)17(25)22-18(26)20-3)14-5-6-16(15(19)11-14)24-9-7-23(4)8-10-24/h5-6,11-13,21H,7-10H2,1-4H3,(H2,20,22,25,26)/t12-,13+/m0/s1. The van der Waals surface area contributed by atoms with E-state index in [0.29, 0.717) is 5.69 Å². The molecule has 1 aromatic carbocycles. The Morgan fingerprint density at radius 3 is 2.38 bits per heavy atom. The fourth-order valence-corrected chi connectivity index (χ4v) is 2.93. The Morgan fingerprint density at radius 1 is 1.15 bits per heavy atom. The van der Waals surface area contributed by atoms with Crippen molar-refractivity contribution in [2.75, 3.05) is 45.2 Å². The molecule has 1 aromatic rings. The Bertz CT molecular complexity index is 646. The average Bonchev–Trinajstić information content (AvgIpc) is 2.62. The lowest BCUT2D eigenvalue weighted by atomic mass is 10.1. The third-order valence-corrected chi connectivity index (χ3v) is 4.67. The zero-order valence-corrected chi connectivity index (χ0v) is 15.8. The smallest absolute Gasteiger partial charge is 0.321 e. The van der Waals surface area contributed by atoms with Gasteiger partial charge in [0.2, 0.25) is 5.91 Å². The van der Waals surface area contributed by atoms with Crippen molar-refractivity contribution in [2.45, 2.75) is 25.9 Å². The molecule has 0 bridgehead atoms. The van der Waals surface area contributed by atoms with Crippen molar-refractivity contribution in [1.29, 1.82) is 0 Å². The highest BCUT2D eigenvalue weighted by molar-refractivity contribution is 5.96. The maximum Gasteiger partial charge on any atom is 0.321 e. The summed E-state index contributed by atoms with van der Waals surface area (Å²) in [4.78, 5) is 27.4. The molecule has 0 radical (unpaired) electrons. The second-order valence-electron chi connectivity index (χ2n) is 6.68. The number of amides is 3. The number of imide groups is 1. The van der Waals surface area contributed by atoms with Gasteiger partial charge in [-0.05, 0) is 38.6 Å². The summed E-state index contributed by atoms with van der Waals surface area (Å²) in [5.74, 6) is -0.700. The van der Waals surface area contributed by atoms with Gasteiger partial charge >= 0.3 is 6.03 Å². The molecule has 26 heavy (non-hydrogen) atoms. The second-order valence-corrected chi connectivity index (χ2v) is 6.68. The van der Waals surface area contributed by atoms with E-state index in [1.54, 1.807) is 13.0 Å². The van der Waals surface area contributed by atoms with Gasteiger partial charge in [0.1, 0.15) is 5.82 Å². The van der Waals surface area contributed by atoms with Crippen LogP contribution < -0.4 is 20.9 Å². The van der Waals surface area contributed by atoms with Crippen LogP contribution in [-0.4, -0.2) is 63.2 Å². The fraction of sp³-hybridized carbons (Fsp3) is 0.556. The molecule has 144 valence electrons. The summed E-state index contributed by atoms with van der Waals surface area (Å²) in [7, 11) is 3.50. The van der Waals surface area contributed by atoms with Gasteiger partial charge in [0.15, 0.2) is 0 Å². The molecule has 0 aliphatic carbocycles. The van der Waals surface area contributed by atoms with E-state index in [9.17, 15) is 14.0 Å². The van der Waals surface area contributed by atoms with Crippen molar-refractivity contribution in [1.82, 2.24) is 20.9 Å². The third kappa shape index (κ3) is 5.15. The lowest BCUT2D eigenvalue weighted by molar-refractivity contribution is -0.121. The highest BCUT2D eigenvalue weighted by Gasteiger charge is 2.21. The minimum Gasteiger partial charge on any atom is -0.367 e. The second kappa shape index (κ2) is 8.95. The number of carbonyl (C=O) groups is 2. The third-order valence-electron chi connectivity index (χ3n) is 4.67. The molecule has 1 heterocycles. The van der Waals surface area contributed by atoms with Crippen molar-refractivity contribution in [2.24, 2.45) is 0 Å². The number of anilines is 1. The molecule has 0 aromatic heterocycles. The van der Waals surface area contributed by atoms with Crippen LogP contribution in [0.15, 0.2) is 18.2 Å². The SMILES string of the molecule is CNC(=O)NC(=O)[C@@H](C)N[C@@H](C)c1ccc(N2CCN(C)CC2)c(F)c1. The van der Waals surface area contributed by atoms with E-state index in [4.69, 9.17) is 0 Å². The topological polar surface area (TPSA) is 76.7 Å². The van der Waals surface area contributed by atoms with Crippen LogP contribution in [0.2, 0.25) is 0 Å². The number of nitrogens with one attached hydrogen (secondary N) is 3. The van der Waals surface area contributed by atoms with Crippen molar-refractivity contribution in [3.05, 3.63) is 29.6 Å². The van der Waals surface area contributed by atoms with Crippen LogP contribution in [0.4, 0.5) is 14.9 Å². The van der Waals surface area contributed by atoms with Gasteiger partial charge in [0, 0.05) is 39.3 Å². The van der Waals surface area contributed by atoms with Crippen LogP contribution >= 0.6 is 0 Å². The normalized spacial score (nSPS) is 17.5. The Balaban J connectivity index is 1.99. The summed E-state index contributed by atoms with van der Waals surface area (Å²) in [6.07, 6.45) is 0. The first kappa shape index (κ1) is 20.1. The molecule has 1 aliphatic rings. The van der Waals surface area contributed by atoms with Gasteiger partial charge < -0.3 is 15.1 Å². The summed E-state index contributed by atoms with van der Waals surface area (Å²) >= 11 is 0. The van der Waals surface area contributed by atoms with E-state index in [2.05, 4.69) is 32.8 Å². The molecule has 0 saturated carbocycles. The van der Waals surface area contributed by atoms with Gasteiger partial charge in [-0.2, -0.15) is 0 Å². The van der Waals surface area contributed by atoms with Crippen LogP contribution in [-0.2, 0) is 4.79 Å². The van der Waals surface area contributed by atoms with Crippen molar-refractivity contribution < 1.29 is 14.0 Å². The van der Waals surface area contributed by atoms with E-state index >= 15 is 0 Å². The van der Waals surface area contributed by atoms with Gasteiger partial charge in [0.05, 0.1) is 11.7 Å². The molecule has 2 rings (SSSR count). The number of halogens is 1. The van der Waals surface area contributed by atoms with Crippen LogP contribution in [0.3, 0.4) is 0 Å². The summed E-state index contributed by atoms with van der Waals surface area (Å²) in [6.45, 7) is 6.94. The molecule has 0 spiro atoms. The molecule has 2 atom stereocenters. The lowest BCUT2D eigenvalue weighted by Gasteiger charge is -2.34. The predicted molar refractivity (Wildman–Crippen MR) is 99.7 cm³/mol. The molecule has 3 N–H and O–H groups in total. The number of hydrogen-bond donors (Lipinski definition) is 3. The molecule has 1 fully saturated rings. The van der Waals surface area contributed by atoms with Crippen LogP contribution in [0.25, 0.3) is 0 Å². The van der Waals surface area contributed by atoms with Crippen molar-refractivity contribution in [3.63, 3.8) is 0 Å². The van der Waals surface area contributed by atoms with Crippen LogP contribution in [0, 0.1) is 5.82 Å². The van der Waals surface area contributed by atoms with Crippen molar-refractivity contribution >= 4 is 17.6 Å². The Labute approximate surface area is 153 Å². The zero-order valence-electron chi connectivity index (χ0n) is 15.8. The Hall–Kier alpha value is -2.19. The first-order valence-electron chi connectivity index (χ1n) is 8.83. The van der Waals surface area contributed by atoms with Gasteiger partial charge in [0.25, 0.3) is 0 Å². The largest absolute Gasteiger partial charge is 0.367 e. The molecule has 3 amide bonds. The zero-order chi connectivity index (χ0) is 19.3. The van der Waals surface area contributed by atoms with E-state index in [-0.39, 0.29) is 11.9 Å². The Kier molecular flexibility index (Phi) is 6.93. The predicted octanol–water partition coefficient (Wildman–Crippen LogP) is 1.07. The first-order valence-corrected chi connectivity index (χ1v) is 8.83. The summed E-state index contributed by atoms with van der Waals surface area (Å²) < 4.78 is 14.6. The lowest BCUT2D eigenvalue weighted by Crippen LogP contribution is -2.47. The molecule has 1 saturated heterocycles. The molecular formula is C18H28FN5O2. The van der Waals surface area contributed by atoms with Gasteiger partial charge in [-0.1, -0.05) is 6.07 Å². The monoisotopic (exact) mass is 365 g/mol. The molecule has 8 heteroatoms. The number of rotatable bonds is 5. The number of likely N-dealkylation sites (N-methyl/N-ethyl adjacent to an activating group) is 1. The van der Waals surface area contributed by atoms with E-state index in [0.717, 1.165) is 31.7 Å². The number of hydrogen-bond acceptors (Lipinski definition) is 5. The number of piperazine rings is 1. The van der Waals surface area contributed by atoms with Crippen molar-refractivity contribution in [3.8, 4) is 0 Å².